The lowest BCUT2D eigenvalue weighted by atomic mass is 10.1. The Morgan fingerprint density at radius 1 is 0.926 bits per heavy atom. The largest absolute Gasteiger partial charge is 0.496 e. The van der Waals surface area contributed by atoms with E-state index in [4.69, 9.17) is 4.74 Å². The Morgan fingerprint density at radius 3 is 2.11 bits per heavy atom. The highest BCUT2D eigenvalue weighted by molar-refractivity contribution is 5.95. The molecule has 1 aliphatic heterocycles. The second-order valence-electron chi connectivity index (χ2n) is 6.63. The number of amides is 2. The summed E-state index contributed by atoms with van der Waals surface area (Å²) in [5.41, 5.74) is 1.85. The molecule has 1 aliphatic rings. The Balaban J connectivity index is 1.68. The number of hydrogen-bond donors (Lipinski definition) is 0. The topological polar surface area (TPSA) is 49.9 Å². The fourth-order valence-corrected chi connectivity index (χ4v) is 3.32. The fourth-order valence-electron chi connectivity index (χ4n) is 3.32. The van der Waals surface area contributed by atoms with Gasteiger partial charge in [0.25, 0.3) is 11.8 Å². The van der Waals surface area contributed by atoms with Crippen molar-refractivity contribution >= 4 is 11.8 Å². The number of aryl methyl sites for hydroxylation is 1. The van der Waals surface area contributed by atoms with Crippen LogP contribution < -0.4 is 4.74 Å². The summed E-state index contributed by atoms with van der Waals surface area (Å²) in [7, 11) is 1.60. The third kappa shape index (κ3) is 4.27. The number of methoxy groups -OCH3 is 1. The van der Waals surface area contributed by atoms with Gasteiger partial charge in [0, 0.05) is 37.3 Å². The molecule has 0 bridgehead atoms. The smallest absolute Gasteiger partial charge is 0.254 e. The summed E-state index contributed by atoms with van der Waals surface area (Å²) in [4.78, 5) is 28.9. The second kappa shape index (κ2) is 8.20. The average Bonchev–Trinajstić information content (AvgIpc) is 2.93. The van der Waals surface area contributed by atoms with Gasteiger partial charge in [0.05, 0.1) is 7.11 Å². The first-order valence-electron chi connectivity index (χ1n) is 8.98. The van der Waals surface area contributed by atoms with E-state index in [0.29, 0.717) is 43.7 Å². The van der Waals surface area contributed by atoms with Crippen LogP contribution in [-0.2, 0) is 0 Å². The molecule has 0 N–H and O–H groups in total. The van der Waals surface area contributed by atoms with Gasteiger partial charge in [0.15, 0.2) is 0 Å². The lowest BCUT2D eigenvalue weighted by molar-refractivity contribution is 0.0718. The van der Waals surface area contributed by atoms with Gasteiger partial charge >= 0.3 is 0 Å². The molecule has 0 spiro atoms. The average molecular weight is 370 g/mol. The molecule has 142 valence electrons. The zero-order valence-corrected chi connectivity index (χ0v) is 15.6. The summed E-state index contributed by atoms with van der Waals surface area (Å²) in [6.07, 6.45) is 0.682. The molecule has 3 rings (SSSR count). The maximum atomic E-state index is 13.4. The Morgan fingerprint density at radius 2 is 1.56 bits per heavy atom. The predicted octanol–water partition coefficient (Wildman–Crippen LogP) is 3.13. The minimum absolute atomic E-state index is 0.0548. The Labute approximate surface area is 158 Å². The van der Waals surface area contributed by atoms with E-state index in [1.807, 2.05) is 13.0 Å². The van der Waals surface area contributed by atoms with Crippen molar-refractivity contribution < 1.29 is 18.7 Å². The van der Waals surface area contributed by atoms with Crippen LogP contribution in [0.15, 0.2) is 42.5 Å². The van der Waals surface area contributed by atoms with E-state index in [0.717, 1.165) is 11.3 Å². The minimum atomic E-state index is -0.428. The molecule has 0 saturated carbocycles. The van der Waals surface area contributed by atoms with E-state index in [2.05, 4.69) is 0 Å². The quantitative estimate of drug-likeness (QED) is 0.834. The first-order valence-corrected chi connectivity index (χ1v) is 8.98. The first-order chi connectivity index (χ1) is 13.0. The molecule has 5 nitrogen and oxygen atoms in total. The lowest BCUT2D eigenvalue weighted by Gasteiger charge is -2.22. The summed E-state index contributed by atoms with van der Waals surface area (Å²) in [5.74, 6) is 0.0570. The van der Waals surface area contributed by atoms with Crippen LogP contribution in [0.3, 0.4) is 0 Å². The summed E-state index contributed by atoms with van der Waals surface area (Å²) >= 11 is 0. The fraction of sp³-hybridized carbons (Fsp3) is 0.333. The standard InChI is InChI=1S/C21H23FN2O3/c1-15-13-17(7-8-19(15)27-2)21(26)24-10-4-9-23(11-12-24)20(25)16-5-3-6-18(22)14-16/h3,5-8,13-14H,4,9-12H2,1-2H3. The maximum absolute atomic E-state index is 13.4. The van der Waals surface area contributed by atoms with Crippen molar-refractivity contribution in [1.29, 1.82) is 0 Å². The van der Waals surface area contributed by atoms with Crippen LogP contribution in [0, 0.1) is 12.7 Å². The van der Waals surface area contributed by atoms with Crippen molar-refractivity contribution in [3.8, 4) is 5.75 Å². The molecule has 6 heteroatoms. The number of carbonyl (C=O) groups excluding carboxylic acids is 2. The van der Waals surface area contributed by atoms with Crippen LogP contribution >= 0.6 is 0 Å². The van der Waals surface area contributed by atoms with Crippen molar-refractivity contribution in [3.05, 3.63) is 65.0 Å². The number of nitrogens with zero attached hydrogens (tertiary/aromatic N) is 2. The zero-order valence-electron chi connectivity index (χ0n) is 15.6. The van der Waals surface area contributed by atoms with Gasteiger partial charge < -0.3 is 14.5 Å². The van der Waals surface area contributed by atoms with E-state index in [1.165, 1.54) is 18.2 Å². The maximum Gasteiger partial charge on any atom is 0.254 e. The normalized spacial score (nSPS) is 14.6. The van der Waals surface area contributed by atoms with Gasteiger partial charge in [0.2, 0.25) is 0 Å². The van der Waals surface area contributed by atoms with Crippen LogP contribution in [-0.4, -0.2) is 54.9 Å². The van der Waals surface area contributed by atoms with Crippen LogP contribution in [0.5, 0.6) is 5.75 Å². The molecule has 1 heterocycles. The minimum Gasteiger partial charge on any atom is -0.496 e. The first kappa shape index (κ1) is 18.9. The third-order valence-corrected chi connectivity index (χ3v) is 4.78. The Hall–Kier alpha value is -2.89. The molecule has 0 unspecified atom stereocenters. The molecule has 27 heavy (non-hydrogen) atoms. The van der Waals surface area contributed by atoms with E-state index in [9.17, 15) is 14.0 Å². The summed E-state index contributed by atoms with van der Waals surface area (Å²) in [6.45, 7) is 3.90. The van der Waals surface area contributed by atoms with Gasteiger partial charge in [-0.25, -0.2) is 4.39 Å². The van der Waals surface area contributed by atoms with Crippen molar-refractivity contribution in [2.45, 2.75) is 13.3 Å². The van der Waals surface area contributed by atoms with Crippen molar-refractivity contribution in [3.63, 3.8) is 0 Å². The number of benzene rings is 2. The number of ether oxygens (including phenoxy) is 1. The Kier molecular flexibility index (Phi) is 5.74. The third-order valence-electron chi connectivity index (χ3n) is 4.78. The second-order valence-corrected chi connectivity index (χ2v) is 6.63. The number of halogens is 1. The van der Waals surface area contributed by atoms with Gasteiger partial charge in [-0.1, -0.05) is 6.07 Å². The monoisotopic (exact) mass is 370 g/mol. The molecule has 1 saturated heterocycles. The molecule has 0 aliphatic carbocycles. The predicted molar refractivity (Wildman–Crippen MR) is 101 cm³/mol. The summed E-state index contributed by atoms with van der Waals surface area (Å²) < 4.78 is 18.6. The molecule has 2 amide bonds. The van der Waals surface area contributed by atoms with Gasteiger partial charge in [-0.05, 0) is 55.3 Å². The highest BCUT2D eigenvalue weighted by atomic mass is 19.1. The van der Waals surface area contributed by atoms with Crippen molar-refractivity contribution in [2.24, 2.45) is 0 Å². The van der Waals surface area contributed by atoms with Gasteiger partial charge in [-0.15, -0.1) is 0 Å². The van der Waals surface area contributed by atoms with Gasteiger partial charge in [-0.3, -0.25) is 9.59 Å². The molecular weight excluding hydrogens is 347 g/mol. The molecule has 2 aromatic rings. The molecule has 0 radical (unpaired) electrons. The highest BCUT2D eigenvalue weighted by Gasteiger charge is 2.24. The Bertz CT molecular complexity index is 853. The number of hydrogen-bond acceptors (Lipinski definition) is 3. The zero-order chi connectivity index (χ0) is 19.4. The van der Waals surface area contributed by atoms with Crippen LogP contribution in [0.1, 0.15) is 32.7 Å². The lowest BCUT2D eigenvalue weighted by Crippen LogP contribution is -2.37. The van der Waals surface area contributed by atoms with E-state index >= 15 is 0 Å². The van der Waals surface area contributed by atoms with Crippen LogP contribution in [0.25, 0.3) is 0 Å². The highest BCUT2D eigenvalue weighted by Crippen LogP contribution is 2.20. The number of carbonyl (C=O) groups is 2. The van der Waals surface area contributed by atoms with Crippen LogP contribution in [0.2, 0.25) is 0 Å². The summed E-state index contributed by atoms with van der Waals surface area (Å²) in [5, 5.41) is 0. The SMILES string of the molecule is COc1ccc(C(=O)N2CCCN(C(=O)c3cccc(F)c3)CC2)cc1C. The number of rotatable bonds is 3. The van der Waals surface area contributed by atoms with Gasteiger partial charge in [0.1, 0.15) is 11.6 Å². The molecule has 0 aromatic heterocycles. The molecule has 2 aromatic carbocycles. The molecule has 0 atom stereocenters. The van der Waals surface area contributed by atoms with Gasteiger partial charge in [-0.2, -0.15) is 0 Å². The van der Waals surface area contributed by atoms with Crippen LogP contribution in [0.4, 0.5) is 4.39 Å². The molecular formula is C21H23FN2O3. The van der Waals surface area contributed by atoms with E-state index in [1.54, 1.807) is 35.1 Å². The van der Waals surface area contributed by atoms with E-state index in [-0.39, 0.29) is 11.8 Å². The van der Waals surface area contributed by atoms with Crippen molar-refractivity contribution in [2.75, 3.05) is 33.3 Å². The summed E-state index contributed by atoms with van der Waals surface area (Å²) in [6, 6.07) is 11.1. The van der Waals surface area contributed by atoms with Crippen molar-refractivity contribution in [1.82, 2.24) is 9.80 Å². The molecule has 1 fully saturated rings. The van der Waals surface area contributed by atoms with E-state index < -0.39 is 5.82 Å².